The van der Waals surface area contributed by atoms with Crippen LogP contribution in [0.1, 0.15) is 40.0 Å². The third-order valence-electron chi connectivity index (χ3n) is 4.13. The Bertz CT molecular complexity index is 755. The van der Waals surface area contributed by atoms with E-state index in [1.807, 2.05) is 4.90 Å². The number of amides is 2. The van der Waals surface area contributed by atoms with E-state index >= 15 is 0 Å². The van der Waals surface area contributed by atoms with E-state index in [-0.39, 0.29) is 11.5 Å². The SMILES string of the molecule is O=C(Nc1cccc(C(=O)N2CCCCC2)c1)c1ccccc1F. The van der Waals surface area contributed by atoms with Crippen LogP contribution in [0.4, 0.5) is 10.1 Å². The van der Waals surface area contributed by atoms with E-state index < -0.39 is 11.7 Å². The van der Waals surface area contributed by atoms with Crippen LogP contribution in [-0.4, -0.2) is 29.8 Å². The topological polar surface area (TPSA) is 49.4 Å². The molecule has 1 N–H and O–H groups in total. The summed E-state index contributed by atoms with van der Waals surface area (Å²) < 4.78 is 13.7. The van der Waals surface area contributed by atoms with Gasteiger partial charge < -0.3 is 10.2 Å². The van der Waals surface area contributed by atoms with Crippen molar-refractivity contribution in [3.63, 3.8) is 0 Å². The highest BCUT2D eigenvalue weighted by Crippen LogP contribution is 2.17. The Morgan fingerprint density at radius 3 is 2.46 bits per heavy atom. The van der Waals surface area contributed by atoms with Crippen molar-refractivity contribution in [2.75, 3.05) is 18.4 Å². The van der Waals surface area contributed by atoms with Crippen molar-refractivity contribution in [1.82, 2.24) is 4.90 Å². The number of carbonyl (C=O) groups excluding carboxylic acids is 2. The van der Waals surface area contributed by atoms with Crippen LogP contribution in [0, 0.1) is 5.82 Å². The zero-order chi connectivity index (χ0) is 16.9. The lowest BCUT2D eigenvalue weighted by Gasteiger charge is -2.26. The van der Waals surface area contributed by atoms with E-state index in [1.54, 1.807) is 30.3 Å². The fourth-order valence-corrected chi connectivity index (χ4v) is 2.85. The number of halogens is 1. The molecule has 1 aliphatic heterocycles. The van der Waals surface area contributed by atoms with Crippen molar-refractivity contribution in [2.24, 2.45) is 0 Å². The van der Waals surface area contributed by atoms with Gasteiger partial charge in [0.2, 0.25) is 0 Å². The van der Waals surface area contributed by atoms with Crippen molar-refractivity contribution in [3.05, 3.63) is 65.5 Å². The third kappa shape index (κ3) is 3.62. The molecule has 2 aromatic carbocycles. The zero-order valence-corrected chi connectivity index (χ0v) is 13.3. The van der Waals surface area contributed by atoms with E-state index in [1.165, 1.54) is 18.2 Å². The number of hydrogen-bond donors (Lipinski definition) is 1. The molecule has 1 aliphatic rings. The van der Waals surface area contributed by atoms with E-state index in [9.17, 15) is 14.0 Å². The van der Waals surface area contributed by atoms with Gasteiger partial charge in [-0.2, -0.15) is 0 Å². The maximum Gasteiger partial charge on any atom is 0.258 e. The second kappa shape index (κ2) is 7.25. The monoisotopic (exact) mass is 326 g/mol. The van der Waals surface area contributed by atoms with Crippen molar-refractivity contribution in [1.29, 1.82) is 0 Å². The summed E-state index contributed by atoms with van der Waals surface area (Å²) in [6.45, 7) is 1.54. The molecule has 1 heterocycles. The Labute approximate surface area is 140 Å². The molecule has 1 saturated heterocycles. The quantitative estimate of drug-likeness (QED) is 0.935. The fourth-order valence-electron chi connectivity index (χ4n) is 2.85. The largest absolute Gasteiger partial charge is 0.339 e. The average Bonchev–Trinajstić information content (AvgIpc) is 2.62. The van der Waals surface area contributed by atoms with Gasteiger partial charge in [0.1, 0.15) is 5.82 Å². The highest BCUT2D eigenvalue weighted by molar-refractivity contribution is 6.05. The first-order valence-corrected chi connectivity index (χ1v) is 8.10. The molecule has 0 aliphatic carbocycles. The molecule has 0 spiro atoms. The Morgan fingerprint density at radius 2 is 1.71 bits per heavy atom. The minimum atomic E-state index is -0.574. The Hall–Kier alpha value is -2.69. The lowest BCUT2D eigenvalue weighted by Crippen LogP contribution is -2.35. The van der Waals surface area contributed by atoms with Crippen LogP contribution in [-0.2, 0) is 0 Å². The molecule has 0 bridgehead atoms. The summed E-state index contributed by atoms with van der Waals surface area (Å²) >= 11 is 0. The summed E-state index contributed by atoms with van der Waals surface area (Å²) in [5.41, 5.74) is 0.986. The van der Waals surface area contributed by atoms with Gasteiger partial charge in [0.25, 0.3) is 11.8 Å². The number of benzene rings is 2. The van der Waals surface area contributed by atoms with Crippen LogP contribution < -0.4 is 5.32 Å². The molecule has 24 heavy (non-hydrogen) atoms. The van der Waals surface area contributed by atoms with Gasteiger partial charge in [0, 0.05) is 24.3 Å². The number of anilines is 1. The molecule has 2 amide bonds. The van der Waals surface area contributed by atoms with Crippen molar-refractivity contribution in [3.8, 4) is 0 Å². The first kappa shape index (κ1) is 16.2. The molecular weight excluding hydrogens is 307 g/mol. The lowest BCUT2D eigenvalue weighted by atomic mass is 10.1. The molecule has 4 nitrogen and oxygen atoms in total. The number of rotatable bonds is 3. The van der Waals surface area contributed by atoms with Gasteiger partial charge in [-0.3, -0.25) is 9.59 Å². The van der Waals surface area contributed by atoms with E-state index in [0.29, 0.717) is 11.3 Å². The van der Waals surface area contributed by atoms with Crippen LogP contribution in [0.2, 0.25) is 0 Å². The zero-order valence-electron chi connectivity index (χ0n) is 13.3. The highest BCUT2D eigenvalue weighted by Gasteiger charge is 2.18. The Kier molecular flexibility index (Phi) is 4.89. The molecule has 0 unspecified atom stereocenters. The first-order chi connectivity index (χ1) is 11.6. The molecular formula is C19H19FN2O2. The Balaban J connectivity index is 1.74. The fraction of sp³-hybridized carbons (Fsp3) is 0.263. The van der Waals surface area contributed by atoms with Crippen LogP contribution >= 0.6 is 0 Å². The minimum absolute atomic E-state index is 0.0229. The summed E-state index contributed by atoms with van der Waals surface area (Å²) in [4.78, 5) is 26.5. The maximum atomic E-state index is 13.7. The van der Waals surface area contributed by atoms with Gasteiger partial charge in [-0.15, -0.1) is 0 Å². The normalized spacial score (nSPS) is 14.3. The average molecular weight is 326 g/mol. The first-order valence-electron chi connectivity index (χ1n) is 8.10. The molecule has 0 radical (unpaired) electrons. The van der Waals surface area contributed by atoms with Crippen LogP contribution in [0.5, 0.6) is 0 Å². The maximum absolute atomic E-state index is 13.7. The number of likely N-dealkylation sites (tertiary alicyclic amines) is 1. The van der Waals surface area contributed by atoms with Crippen LogP contribution in [0.25, 0.3) is 0 Å². The molecule has 2 aromatic rings. The van der Waals surface area contributed by atoms with Crippen molar-refractivity contribution < 1.29 is 14.0 Å². The van der Waals surface area contributed by atoms with Gasteiger partial charge in [0.05, 0.1) is 5.56 Å². The van der Waals surface area contributed by atoms with E-state index in [2.05, 4.69) is 5.32 Å². The lowest BCUT2D eigenvalue weighted by molar-refractivity contribution is 0.0724. The molecule has 0 saturated carbocycles. The van der Waals surface area contributed by atoms with Gasteiger partial charge in [-0.05, 0) is 49.6 Å². The molecule has 0 atom stereocenters. The van der Waals surface area contributed by atoms with Gasteiger partial charge in [-0.25, -0.2) is 4.39 Å². The standard InChI is InChI=1S/C19H19FN2O2/c20-17-10-3-2-9-16(17)18(23)21-15-8-6-7-14(13-15)19(24)22-11-4-1-5-12-22/h2-3,6-10,13H,1,4-5,11-12H2,(H,21,23). The third-order valence-corrected chi connectivity index (χ3v) is 4.13. The van der Waals surface area contributed by atoms with Gasteiger partial charge in [0.15, 0.2) is 0 Å². The highest BCUT2D eigenvalue weighted by atomic mass is 19.1. The van der Waals surface area contributed by atoms with Crippen molar-refractivity contribution in [2.45, 2.75) is 19.3 Å². The smallest absolute Gasteiger partial charge is 0.258 e. The predicted octanol–water partition coefficient (Wildman–Crippen LogP) is 3.70. The Morgan fingerprint density at radius 1 is 0.958 bits per heavy atom. The second-order valence-electron chi connectivity index (χ2n) is 5.87. The summed E-state index contributed by atoms with van der Waals surface area (Å²) in [5, 5.41) is 2.65. The summed E-state index contributed by atoms with van der Waals surface area (Å²) in [5.74, 6) is -1.14. The summed E-state index contributed by atoms with van der Waals surface area (Å²) in [7, 11) is 0. The summed E-state index contributed by atoms with van der Waals surface area (Å²) in [6, 6.07) is 12.6. The number of piperidine rings is 1. The van der Waals surface area contributed by atoms with E-state index in [4.69, 9.17) is 0 Å². The number of nitrogens with zero attached hydrogens (tertiary/aromatic N) is 1. The molecule has 124 valence electrons. The summed E-state index contributed by atoms with van der Waals surface area (Å²) in [6.07, 6.45) is 3.20. The van der Waals surface area contributed by atoms with Crippen LogP contribution in [0.3, 0.4) is 0 Å². The number of carbonyl (C=O) groups is 2. The van der Waals surface area contributed by atoms with E-state index in [0.717, 1.165) is 32.4 Å². The van der Waals surface area contributed by atoms with Crippen molar-refractivity contribution >= 4 is 17.5 Å². The van der Waals surface area contributed by atoms with Gasteiger partial charge in [-0.1, -0.05) is 18.2 Å². The van der Waals surface area contributed by atoms with Gasteiger partial charge >= 0.3 is 0 Å². The van der Waals surface area contributed by atoms with Crippen LogP contribution in [0.15, 0.2) is 48.5 Å². The molecule has 0 aromatic heterocycles. The molecule has 1 fully saturated rings. The number of hydrogen-bond acceptors (Lipinski definition) is 2. The minimum Gasteiger partial charge on any atom is -0.339 e. The molecule has 5 heteroatoms. The molecule has 3 rings (SSSR count). The number of nitrogens with one attached hydrogen (secondary N) is 1. The second-order valence-corrected chi connectivity index (χ2v) is 5.87. The predicted molar refractivity (Wildman–Crippen MR) is 90.5 cm³/mol.